The SMILES string of the molecule is O[Si](O)(O)O.[H-].[H-].[Sr+2].[Zr]. The molecule has 4 nitrogen and oxygen atoms in total. The predicted molar refractivity (Wildman–Crippen MR) is 22.6 cm³/mol. The van der Waals surface area contributed by atoms with Crippen LogP contribution in [0.25, 0.3) is 0 Å². The van der Waals surface area contributed by atoms with Crippen molar-refractivity contribution in [1.82, 2.24) is 0 Å². The third-order valence-corrected chi connectivity index (χ3v) is 0. The third kappa shape index (κ3) is 59.2. The first kappa shape index (κ1) is 16.2. The summed E-state index contributed by atoms with van der Waals surface area (Å²) in [5.41, 5.74) is 0. The van der Waals surface area contributed by atoms with Crippen LogP contribution in [0, 0.1) is 0 Å². The van der Waals surface area contributed by atoms with E-state index < -0.39 is 9.05 Å². The summed E-state index contributed by atoms with van der Waals surface area (Å²) in [7, 11) is -4.61. The molecular weight excluding hydrogens is 271 g/mol. The molecule has 0 rings (SSSR count). The summed E-state index contributed by atoms with van der Waals surface area (Å²) in [4.78, 5) is 29.3. The second kappa shape index (κ2) is 6.54. The Kier molecular flexibility index (Phi) is 15.1. The van der Waals surface area contributed by atoms with Crippen molar-refractivity contribution < 1.29 is 48.2 Å². The van der Waals surface area contributed by atoms with Gasteiger partial charge in [0.15, 0.2) is 0 Å². The average Bonchev–Trinajstić information content (AvgIpc) is 0.722. The van der Waals surface area contributed by atoms with Crippen molar-refractivity contribution in [3.63, 3.8) is 0 Å². The van der Waals surface area contributed by atoms with Gasteiger partial charge in [-0.1, -0.05) is 0 Å². The smallest absolute Gasteiger partial charge is 1.00 e. The van der Waals surface area contributed by atoms with Gasteiger partial charge in [0.05, 0.1) is 0 Å². The zero-order valence-electron chi connectivity index (χ0n) is 5.50. The number of rotatable bonds is 0. The molecule has 0 bridgehead atoms. The monoisotopic (exact) mass is 276 g/mol. The Morgan fingerprint density at radius 1 is 1.00 bits per heavy atom. The Balaban J connectivity index is -0.0000000133. The van der Waals surface area contributed by atoms with Crippen LogP contribution in [0.3, 0.4) is 0 Å². The molecule has 0 aliphatic carbocycles. The van der Waals surface area contributed by atoms with E-state index >= 15 is 0 Å². The van der Waals surface area contributed by atoms with Crippen LogP contribution >= 0.6 is 0 Å². The number of hydrogen-bond acceptors (Lipinski definition) is 4. The van der Waals surface area contributed by atoms with Gasteiger partial charge < -0.3 is 22.0 Å². The van der Waals surface area contributed by atoms with Gasteiger partial charge in [-0.05, 0) is 0 Å². The Hall–Kier alpha value is 2.42. The molecule has 0 aliphatic rings. The minimum Gasteiger partial charge on any atom is -1.00 e. The Morgan fingerprint density at radius 3 is 1.00 bits per heavy atom. The minimum absolute atomic E-state index is 0. The molecule has 0 atom stereocenters. The third-order valence-electron chi connectivity index (χ3n) is 0. The average molecular weight is 277 g/mol. The normalized spacial score (nSPS) is 8.57. The largest absolute Gasteiger partial charge is 2.00 e. The van der Waals surface area contributed by atoms with Gasteiger partial charge in [-0.2, -0.15) is 0 Å². The van der Waals surface area contributed by atoms with Crippen molar-refractivity contribution in [3.05, 3.63) is 0 Å². The molecule has 0 radical (unpaired) electrons. The van der Waals surface area contributed by atoms with Gasteiger partial charge >= 0.3 is 54.5 Å². The maximum atomic E-state index is 7.33. The molecule has 0 aliphatic heterocycles. The van der Waals surface area contributed by atoms with Crippen LogP contribution in [0.1, 0.15) is 2.85 Å². The molecule has 0 aromatic heterocycles. The molecule has 0 fully saturated rings. The van der Waals surface area contributed by atoms with E-state index in [0.717, 1.165) is 0 Å². The van der Waals surface area contributed by atoms with Gasteiger partial charge in [0, 0.05) is 26.2 Å². The number of hydrogen-bond donors (Lipinski definition) is 4. The molecule has 40 valence electrons. The summed E-state index contributed by atoms with van der Waals surface area (Å²) in [6.07, 6.45) is 0. The molecule has 0 aromatic carbocycles. The van der Waals surface area contributed by atoms with E-state index in [1.54, 1.807) is 0 Å². The zero-order valence-corrected chi connectivity index (χ0v) is 10.4. The van der Waals surface area contributed by atoms with E-state index in [0.29, 0.717) is 0 Å². The van der Waals surface area contributed by atoms with Gasteiger partial charge in [0.25, 0.3) is 0 Å². The van der Waals surface area contributed by atoms with E-state index in [-0.39, 0.29) is 74.5 Å². The fourth-order valence-electron chi connectivity index (χ4n) is 0. The topological polar surface area (TPSA) is 80.9 Å². The van der Waals surface area contributed by atoms with Crippen molar-refractivity contribution in [3.8, 4) is 0 Å². The maximum Gasteiger partial charge on any atom is 2.00 e. The molecule has 0 saturated heterocycles. The molecule has 7 heteroatoms. The summed E-state index contributed by atoms with van der Waals surface area (Å²) in [5, 5.41) is 0. The van der Waals surface area contributed by atoms with Crippen molar-refractivity contribution in [2.75, 3.05) is 0 Å². The van der Waals surface area contributed by atoms with Gasteiger partial charge in [-0.25, -0.2) is 0 Å². The van der Waals surface area contributed by atoms with Crippen molar-refractivity contribution in [1.29, 1.82) is 0 Å². The molecule has 0 heterocycles. The van der Waals surface area contributed by atoms with E-state index in [1.807, 2.05) is 0 Å². The summed E-state index contributed by atoms with van der Waals surface area (Å²) < 4.78 is 0. The fraction of sp³-hybridized carbons (Fsp3) is 0. The first-order valence-electron chi connectivity index (χ1n) is 0.894. The van der Waals surface area contributed by atoms with Gasteiger partial charge in [0.2, 0.25) is 0 Å². The fourth-order valence-corrected chi connectivity index (χ4v) is 0. The Morgan fingerprint density at radius 2 is 1.00 bits per heavy atom. The maximum absolute atomic E-state index is 7.33. The van der Waals surface area contributed by atoms with Crippen LogP contribution in [-0.2, 0) is 26.2 Å². The molecule has 0 saturated carbocycles. The van der Waals surface area contributed by atoms with Gasteiger partial charge in [0.1, 0.15) is 0 Å². The quantitative estimate of drug-likeness (QED) is 0.361. The van der Waals surface area contributed by atoms with Crippen LogP contribution in [0.2, 0.25) is 0 Å². The van der Waals surface area contributed by atoms with Gasteiger partial charge in [-0.15, -0.1) is 0 Å². The first-order chi connectivity index (χ1) is 2.00. The Bertz CT molecular complexity index is 34.0. The van der Waals surface area contributed by atoms with Crippen molar-refractivity contribution >= 4 is 54.5 Å². The first-order valence-corrected chi connectivity index (χ1v) is 2.68. The second-order valence-electron chi connectivity index (χ2n) is 0.600. The molecule has 0 amide bonds. The predicted octanol–water partition coefficient (Wildman–Crippen LogP) is -2.77. The van der Waals surface area contributed by atoms with E-state index in [9.17, 15) is 0 Å². The second-order valence-corrected chi connectivity index (χ2v) is 1.80. The summed E-state index contributed by atoms with van der Waals surface area (Å²) >= 11 is 0. The van der Waals surface area contributed by atoms with E-state index in [2.05, 4.69) is 0 Å². The van der Waals surface area contributed by atoms with E-state index in [1.165, 1.54) is 0 Å². The van der Waals surface area contributed by atoms with Crippen LogP contribution in [0.4, 0.5) is 0 Å². The molecule has 0 unspecified atom stereocenters. The molecule has 0 aromatic rings. The Labute approximate surface area is 101 Å². The van der Waals surface area contributed by atoms with Crippen LogP contribution in [0.15, 0.2) is 0 Å². The molecular formula is H6O4SiSrZr. The van der Waals surface area contributed by atoms with Crippen LogP contribution in [-0.4, -0.2) is 73.7 Å². The summed E-state index contributed by atoms with van der Waals surface area (Å²) in [6.45, 7) is 0. The zero-order chi connectivity index (χ0) is 4.50. The summed E-state index contributed by atoms with van der Waals surface area (Å²) in [5.74, 6) is 0. The van der Waals surface area contributed by atoms with Crippen LogP contribution < -0.4 is 0 Å². The minimum atomic E-state index is -4.61. The summed E-state index contributed by atoms with van der Waals surface area (Å²) in [6, 6.07) is 0. The standard InChI is InChI=1S/H4O4Si.Sr.Zr.2H/c1-5(2,3)4;;;;/h1-4H;;;;/q;+2;;2*-1. The van der Waals surface area contributed by atoms with Crippen LogP contribution in [0.5, 0.6) is 0 Å². The van der Waals surface area contributed by atoms with Crippen molar-refractivity contribution in [2.24, 2.45) is 0 Å². The van der Waals surface area contributed by atoms with Crippen molar-refractivity contribution in [2.45, 2.75) is 0 Å². The molecule has 7 heavy (non-hydrogen) atoms. The van der Waals surface area contributed by atoms with E-state index in [4.69, 9.17) is 19.2 Å². The molecule has 4 N–H and O–H groups in total. The van der Waals surface area contributed by atoms with Gasteiger partial charge in [-0.3, -0.25) is 0 Å². The molecule has 0 spiro atoms.